The van der Waals surface area contributed by atoms with Crippen molar-refractivity contribution in [3.8, 4) is 0 Å². The van der Waals surface area contributed by atoms with Crippen LogP contribution in [0.5, 0.6) is 0 Å². The van der Waals surface area contributed by atoms with Gasteiger partial charge in [-0.2, -0.15) is 0 Å². The number of hydrogen-bond donors (Lipinski definition) is 1. The zero-order valence-electron chi connectivity index (χ0n) is 4.31. The molecule has 7 heavy (non-hydrogen) atoms. The summed E-state index contributed by atoms with van der Waals surface area (Å²) in [6, 6.07) is 0. The predicted molar refractivity (Wildman–Crippen MR) is 31.6 cm³/mol. The van der Waals surface area contributed by atoms with Crippen LogP contribution in [-0.2, 0) is 4.79 Å². The molecule has 0 aromatic heterocycles. The van der Waals surface area contributed by atoms with Crippen LogP contribution in [0.25, 0.3) is 0 Å². The van der Waals surface area contributed by atoms with Gasteiger partial charge in [0.15, 0.2) is 0 Å². The van der Waals surface area contributed by atoms with Gasteiger partial charge in [-0.1, -0.05) is 6.92 Å². The lowest BCUT2D eigenvalue weighted by atomic mass is 10.5. The molecule has 0 bridgehead atoms. The highest BCUT2D eigenvalue weighted by atomic mass is 35.5. The van der Waals surface area contributed by atoms with Crippen LogP contribution in [0.15, 0.2) is 0 Å². The van der Waals surface area contributed by atoms with Gasteiger partial charge in [-0.25, -0.2) is 0 Å². The summed E-state index contributed by atoms with van der Waals surface area (Å²) in [6.07, 6.45) is 1.72. The van der Waals surface area contributed by atoms with Gasteiger partial charge in [0.25, 0.3) is 0 Å². The van der Waals surface area contributed by atoms with E-state index in [4.69, 9.17) is 0 Å². The summed E-state index contributed by atoms with van der Waals surface area (Å²) in [5, 5.41) is 2.52. The van der Waals surface area contributed by atoms with Gasteiger partial charge >= 0.3 is 0 Å². The van der Waals surface area contributed by atoms with E-state index in [2.05, 4.69) is 5.32 Å². The first-order valence-electron chi connectivity index (χ1n) is 2.09. The van der Waals surface area contributed by atoms with Crippen molar-refractivity contribution in [3.63, 3.8) is 0 Å². The molecule has 0 atom stereocenters. The van der Waals surface area contributed by atoms with Gasteiger partial charge in [-0.3, -0.25) is 4.79 Å². The van der Waals surface area contributed by atoms with Crippen LogP contribution in [0.4, 0.5) is 0 Å². The van der Waals surface area contributed by atoms with Crippen molar-refractivity contribution in [1.82, 2.24) is 5.32 Å². The van der Waals surface area contributed by atoms with Crippen molar-refractivity contribution in [1.29, 1.82) is 0 Å². The molecule has 0 aromatic carbocycles. The van der Waals surface area contributed by atoms with Gasteiger partial charge in [0.1, 0.15) is 0 Å². The van der Waals surface area contributed by atoms with Crippen LogP contribution in [0.3, 0.4) is 0 Å². The highest BCUT2D eigenvalue weighted by Crippen LogP contribution is 1.63. The Morgan fingerprint density at radius 3 is 2.43 bits per heavy atom. The average molecular weight is 124 g/mol. The summed E-state index contributed by atoms with van der Waals surface area (Å²) in [4.78, 5) is 9.45. The van der Waals surface area contributed by atoms with Gasteiger partial charge < -0.3 is 5.32 Å². The number of hydrogen-bond acceptors (Lipinski definition) is 1. The Hall–Kier alpha value is -0.240. The molecular formula is C4H10ClNO. The molecule has 0 spiro atoms. The molecule has 0 aliphatic rings. The molecule has 0 fully saturated rings. The number of halogens is 1. The number of amides is 1. The van der Waals surface area contributed by atoms with Gasteiger partial charge in [-0.05, 0) is 6.42 Å². The largest absolute Gasteiger partial charge is 0.359 e. The molecule has 0 heterocycles. The van der Waals surface area contributed by atoms with Crippen LogP contribution >= 0.6 is 12.4 Å². The lowest BCUT2D eigenvalue weighted by Gasteiger charge is -1.86. The second-order valence-electron chi connectivity index (χ2n) is 1.07. The van der Waals surface area contributed by atoms with E-state index in [-0.39, 0.29) is 12.4 Å². The van der Waals surface area contributed by atoms with Crippen molar-refractivity contribution < 1.29 is 4.79 Å². The second kappa shape index (κ2) is 9.23. The van der Waals surface area contributed by atoms with Gasteiger partial charge in [0.05, 0.1) is 0 Å². The number of nitrogens with one attached hydrogen (secondary N) is 1. The number of carbonyl (C=O) groups excluding carboxylic acids is 1. The van der Waals surface area contributed by atoms with Gasteiger partial charge in [0.2, 0.25) is 6.41 Å². The molecule has 0 rings (SSSR count). The average Bonchev–Trinajstić information content (AvgIpc) is 1.61. The number of carbonyl (C=O) groups is 1. The van der Waals surface area contributed by atoms with Crippen molar-refractivity contribution >= 4 is 18.8 Å². The van der Waals surface area contributed by atoms with Crippen molar-refractivity contribution in [3.05, 3.63) is 0 Å². The maximum atomic E-state index is 9.45. The first-order chi connectivity index (χ1) is 2.91. The lowest BCUT2D eigenvalue weighted by Crippen LogP contribution is -2.10. The molecule has 2 nitrogen and oxygen atoms in total. The number of rotatable bonds is 3. The molecule has 0 aliphatic carbocycles. The fourth-order valence-electron chi connectivity index (χ4n) is 0.203. The lowest BCUT2D eigenvalue weighted by molar-refractivity contribution is -0.109. The minimum Gasteiger partial charge on any atom is -0.359 e. The predicted octanol–water partition coefficient (Wildman–Crippen LogP) is 0.564. The van der Waals surface area contributed by atoms with Crippen LogP contribution < -0.4 is 5.32 Å². The van der Waals surface area contributed by atoms with Crippen molar-refractivity contribution in [2.24, 2.45) is 0 Å². The molecule has 0 saturated heterocycles. The summed E-state index contributed by atoms with van der Waals surface area (Å²) in [5.41, 5.74) is 0. The SMILES string of the molecule is CCCNC=O.Cl. The molecule has 1 N–H and O–H groups in total. The smallest absolute Gasteiger partial charge is 0.207 e. The molecule has 1 amide bonds. The Labute approximate surface area is 49.7 Å². The first-order valence-corrected chi connectivity index (χ1v) is 2.09. The van der Waals surface area contributed by atoms with Crippen LogP contribution in [0.1, 0.15) is 13.3 Å². The molecule has 0 radical (unpaired) electrons. The fourth-order valence-corrected chi connectivity index (χ4v) is 0.203. The van der Waals surface area contributed by atoms with E-state index in [0.717, 1.165) is 13.0 Å². The third-order valence-corrected chi connectivity index (χ3v) is 0.478. The van der Waals surface area contributed by atoms with Gasteiger partial charge in [-0.15, -0.1) is 12.4 Å². The minimum atomic E-state index is 0. The standard InChI is InChI=1S/C4H9NO.ClH/c1-2-3-5-4-6;/h4H,2-3H2,1H3,(H,5,6);1H. The van der Waals surface area contributed by atoms with E-state index in [9.17, 15) is 4.79 Å². The molecule has 0 saturated carbocycles. The van der Waals surface area contributed by atoms with Crippen LogP contribution in [0.2, 0.25) is 0 Å². The van der Waals surface area contributed by atoms with Crippen molar-refractivity contribution in [2.75, 3.05) is 6.54 Å². The molecular weight excluding hydrogens is 114 g/mol. The summed E-state index contributed by atoms with van der Waals surface area (Å²) < 4.78 is 0. The summed E-state index contributed by atoms with van der Waals surface area (Å²) in [5.74, 6) is 0. The van der Waals surface area contributed by atoms with E-state index in [1.165, 1.54) is 0 Å². The summed E-state index contributed by atoms with van der Waals surface area (Å²) in [6.45, 7) is 2.81. The summed E-state index contributed by atoms with van der Waals surface area (Å²) >= 11 is 0. The van der Waals surface area contributed by atoms with E-state index >= 15 is 0 Å². The Morgan fingerprint density at radius 2 is 2.29 bits per heavy atom. The Bertz CT molecular complexity index is 40.7. The highest BCUT2D eigenvalue weighted by molar-refractivity contribution is 5.85. The van der Waals surface area contributed by atoms with Gasteiger partial charge in [0, 0.05) is 6.54 Å². The van der Waals surface area contributed by atoms with Crippen LogP contribution in [0, 0.1) is 0 Å². The Kier molecular flexibility index (Phi) is 13.1. The zero-order chi connectivity index (χ0) is 4.83. The highest BCUT2D eigenvalue weighted by Gasteiger charge is 1.69. The molecule has 3 heteroatoms. The Balaban J connectivity index is 0. The topological polar surface area (TPSA) is 29.1 Å². The molecule has 0 aliphatic heterocycles. The van der Waals surface area contributed by atoms with E-state index in [0.29, 0.717) is 6.41 Å². The third kappa shape index (κ3) is 10.7. The molecule has 44 valence electrons. The second-order valence-corrected chi connectivity index (χ2v) is 1.07. The van der Waals surface area contributed by atoms with E-state index in [1.807, 2.05) is 6.92 Å². The molecule has 0 unspecified atom stereocenters. The zero-order valence-corrected chi connectivity index (χ0v) is 5.12. The van der Waals surface area contributed by atoms with Crippen molar-refractivity contribution in [2.45, 2.75) is 13.3 Å². The quantitative estimate of drug-likeness (QED) is 0.431. The maximum absolute atomic E-state index is 9.45. The normalized spacial score (nSPS) is 6.43. The summed E-state index contributed by atoms with van der Waals surface area (Å²) in [7, 11) is 0. The van der Waals surface area contributed by atoms with E-state index in [1.54, 1.807) is 0 Å². The minimum absolute atomic E-state index is 0. The maximum Gasteiger partial charge on any atom is 0.207 e. The molecule has 0 aromatic rings. The fraction of sp³-hybridized carbons (Fsp3) is 0.750. The van der Waals surface area contributed by atoms with Crippen LogP contribution in [-0.4, -0.2) is 13.0 Å². The van der Waals surface area contributed by atoms with E-state index < -0.39 is 0 Å². The Morgan fingerprint density at radius 1 is 1.71 bits per heavy atom. The monoisotopic (exact) mass is 123 g/mol. The third-order valence-electron chi connectivity index (χ3n) is 0.478. The first kappa shape index (κ1) is 9.90.